The highest BCUT2D eigenvalue weighted by atomic mass is 35.5. The molecule has 3 aromatic rings. The second kappa shape index (κ2) is 6.44. The Morgan fingerprint density at radius 1 is 1.09 bits per heavy atom. The van der Waals surface area contributed by atoms with E-state index in [1.165, 1.54) is 0 Å². The van der Waals surface area contributed by atoms with Crippen molar-refractivity contribution in [2.75, 3.05) is 0 Å². The largest absolute Gasteiger partial charge is 0.250 e. The first-order valence-corrected chi connectivity index (χ1v) is 7.54. The topological polar surface area (TPSA) is 46.0 Å². The third-order valence-corrected chi connectivity index (χ3v) is 3.95. The van der Waals surface area contributed by atoms with Crippen molar-refractivity contribution in [1.82, 2.24) is 14.9 Å². The van der Waals surface area contributed by atoms with Gasteiger partial charge in [-0.3, -0.25) is 0 Å². The molecule has 0 amide bonds. The van der Waals surface area contributed by atoms with E-state index in [2.05, 4.69) is 15.3 Å². The lowest BCUT2D eigenvalue weighted by Crippen LogP contribution is -1.95. The van der Waals surface area contributed by atoms with Crippen LogP contribution in [0.5, 0.6) is 0 Å². The van der Waals surface area contributed by atoms with Crippen LogP contribution in [0.3, 0.4) is 0 Å². The molecule has 2 aromatic carbocycles. The molecule has 3 rings (SSSR count). The van der Waals surface area contributed by atoms with Gasteiger partial charge in [0.15, 0.2) is 5.82 Å². The summed E-state index contributed by atoms with van der Waals surface area (Å²) in [4.78, 5) is 0. The predicted octanol–water partition coefficient (Wildman–Crippen LogP) is 4.80. The van der Waals surface area contributed by atoms with Crippen LogP contribution in [0.2, 0.25) is 10.0 Å². The van der Waals surface area contributed by atoms with Gasteiger partial charge in [-0.2, -0.15) is 14.9 Å². The molecule has 7 heteroatoms. The van der Waals surface area contributed by atoms with Gasteiger partial charge in [0.1, 0.15) is 0 Å². The molecular formula is C15H10Cl2N4S. The maximum atomic E-state index is 5.99. The molecule has 0 unspecified atom stereocenters. The first kappa shape index (κ1) is 15.0. The zero-order chi connectivity index (χ0) is 15.5. The normalized spacial score (nSPS) is 11.2. The predicted molar refractivity (Wildman–Crippen MR) is 92.3 cm³/mol. The Labute approximate surface area is 142 Å². The molecule has 0 radical (unpaired) electrons. The summed E-state index contributed by atoms with van der Waals surface area (Å²) in [6.45, 7) is 0. The van der Waals surface area contributed by atoms with E-state index in [-0.39, 0.29) is 0 Å². The maximum Gasteiger partial charge on any atom is 0.216 e. The van der Waals surface area contributed by atoms with Gasteiger partial charge in [-0.05, 0) is 29.9 Å². The number of nitrogens with zero attached hydrogens (tertiary/aromatic N) is 3. The molecule has 0 aliphatic carbocycles. The maximum absolute atomic E-state index is 5.99. The molecule has 1 aromatic heterocycles. The van der Waals surface area contributed by atoms with Crippen molar-refractivity contribution in [3.05, 3.63) is 68.9 Å². The molecule has 0 aliphatic rings. The summed E-state index contributed by atoms with van der Waals surface area (Å²) in [6, 6.07) is 15.0. The molecule has 0 aliphatic heterocycles. The third kappa shape index (κ3) is 3.11. The van der Waals surface area contributed by atoms with Crippen LogP contribution in [0.25, 0.3) is 11.4 Å². The van der Waals surface area contributed by atoms with Gasteiger partial charge in [0, 0.05) is 5.56 Å². The Kier molecular flexibility index (Phi) is 4.38. The molecule has 1 N–H and O–H groups in total. The number of hydrogen-bond acceptors (Lipinski definition) is 3. The van der Waals surface area contributed by atoms with E-state index in [0.29, 0.717) is 20.6 Å². The highest BCUT2D eigenvalue weighted by molar-refractivity contribution is 7.71. The Morgan fingerprint density at radius 3 is 2.59 bits per heavy atom. The van der Waals surface area contributed by atoms with E-state index in [1.54, 1.807) is 23.0 Å². The summed E-state index contributed by atoms with van der Waals surface area (Å²) in [5, 5.41) is 12.3. The first-order valence-electron chi connectivity index (χ1n) is 6.37. The molecule has 0 fully saturated rings. The van der Waals surface area contributed by atoms with Crippen molar-refractivity contribution in [1.29, 1.82) is 0 Å². The fourth-order valence-electron chi connectivity index (χ4n) is 1.89. The summed E-state index contributed by atoms with van der Waals surface area (Å²) in [5.41, 5.74) is 1.73. The average molecular weight is 349 g/mol. The molecular weight excluding hydrogens is 339 g/mol. The molecule has 0 bridgehead atoms. The average Bonchev–Trinajstić information content (AvgIpc) is 2.90. The Hall–Kier alpha value is -1.95. The van der Waals surface area contributed by atoms with Crippen molar-refractivity contribution in [2.24, 2.45) is 5.10 Å². The minimum atomic E-state index is 0.412. The number of nitrogens with one attached hydrogen (secondary N) is 1. The Bertz CT molecular complexity index is 884. The van der Waals surface area contributed by atoms with Crippen LogP contribution in [0.4, 0.5) is 0 Å². The lowest BCUT2D eigenvalue weighted by atomic mass is 10.2. The molecule has 0 spiro atoms. The van der Waals surface area contributed by atoms with E-state index in [4.69, 9.17) is 35.4 Å². The van der Waals surface area contributed by atoms with Gasteiger partial charge >= 0.3 is 0 Å². The van der Waals surface area contributed by atoms with Gasteiger partial charge in [-0.25, -0.2) is 5.10 Å². The Morgan fingerprint density at radius 2 is 1.86 bits per heavy atom. The number of aromatic nitrogens is 3. The number of halogens is 2. The van der Waals surface area contributed by atoms with E-state index in [9.17, 15) is 0 Å². The van der Waals surface area contributed by atoms with Crippen LogP contribution in [0.15, 0.2) is 53.6 Å². The third-order valence-electron chi connectivity index (χ3n) is 2.95. The molecule has 22 heavy (non-hydrogen) atoms. The number of rotatable bonds is 3. The summed E-state index contributed by atoms with van der Waals surface area (Å²) >= 11 is 17.1. The van der Waals surface area contributed by atoms with Crippen LogP contribution in [0.1, 0.15) is 5.56 Å². The molecule has 0 saturated heterocycles. The van der Waals surface area contributed by atoms with Gasteiger partial charge in [-0.1, -0.05) is 59.6 Å². The highest BCUT2D eigenvalue weighted by Gasteiger charge is 2.07. The van der Waals surface area contributed by atoms with Gasteiger partial charge in [0.2, 0.25) is 4.77 Å². The van der Waals surface area contributed by atoms with Crippen molar-refractivity contribution in [3.63, 3.8) is 0 Å². The lowest BCUT2D eigenvalue weighted by Gasteiger charge is -2.01. The number of hydrogen-bond donors (Lipinski definition) is 1. The lowest BCUT2D eigenvalue weighted by molar-refractivity contribution is 0.871. The molecule has 1 heterocycles. The van der Waals surface area contributed by atoms with Gasteiger partial charge in [0.05, 0.1) is 16.3 Å². The minimum absolute atomic E-state index is 0.412. The van der Waals surface area contributed by atoms with Crippen molar-refractivity contribution < 1.29 is 0 Å². The number of H-pyrrole nitrogens is 1. The summed E-state index contributed by atoms with van der Waals surface area (Å²) in [7, 11) is 0. The second-order valence-electron chi connectivity index (χ2n) is 4.45. The van der Waals surface area contributed by atoms with Crippen LogP contribution in [0, 0.1) is 4.77 Å². The zero-order valence-electron chi connectivity index (χ0n) is 11.2. The molecule has 4 nitrogen and oxygen atoms in total. The standard InChI is InChI=1S/C15H10Cl2N4S/c16-12-7-6-10(8-13(12)17)9-18-21-14(19-20-15(21)22)11-4-2-1-3-5-11/h1-9H,(H,20,22)/b18-9-. The van der Waals surface area contributed by atoms with Gasteiger partial charge < -0.3 is 0 Å². The molecule has 110 valence electrons. The second-order valence-corrected chi connectivity index (χ2v) is 5.65. The van der Waals surface area contributed by atoms with Crippen molar-refractivity contribution in [2.45, 2.75) is 0 Å². The van der Waals surface area contributed by atoms with Crippen LogP contribution in [-0.2, 0) is 0 Å². The fraction of sp³-hybridized carbons (Fsp3) is 0. The minimum Gasteiger partial charge on any atom is -0.250 e. The summed E-state index contributed by atoms with van der Waals surface area (Å²) in [5.74, 6) is 0.641. The van der Waals surface area contributed by atoms with Crippen molar-refractivity contribution in [3.8, 4) is 11.4 Å². The number of aromatic amines is 1. The summed E-state index contributed by atoms with van der Waals surface area (Å²) in [6.07, 6.45) is 1.65. The smallest absolute Gasteiger partial charge is 0.216 e. The van der Waals surface area contributed by atoms with Crippen LogP contribution >= 0.6 is 35.4 Å². The van der Waals surface area contributed by atoms with E-state index in [0.717, 1.165) is 11.1 Å². The van der Waals surface area contributed by atoms with Crippen LogP contribution in [-0.4, -0.2) is 21.1 Å². The highest BCUT2D eigenvalue weighted by Crippen LogP contribution is 2.22. The molecule has 0 atom stereocenters. The first-order chi connectivity index (χ1) is 10.6. The van der Waals surface area contributed by atoms with Gasteiger partial charge in [0.25, 0.3) is 0 Å². The molecule has 0 saturated carbocycles. The monoisotopic (exact) mass is 348 g/mol. The zero-order valence-corrected chi connectivity index (χ0v) is 13.5. The van der Waals surface area contributed by atoms with E-state index < -0.39 is 0 Å². The number of benzene rings is 2. The van der Waals surface area contributed by atoms with Gasteiger partial charge in [-0.15, -0.1) is 0 Å². The fourth-order valence-corrected chi connectivity index (χ4v) is 2.38. The Balaban J connectivity index is 1.99. The van der Waals surface area contributed by atoms with Crippen molar-refractivity contribution >= 4 is 41.6 Å². The summed E-state index contributed by atoms with van der Waals surface area (Å²) < 4.78 is 1.97. The van der Waals surface area contributed by atoms with Crippen LogP contribution < -0.4 is 0 Å². The SMILES string of the molecule is S=c1[nH]nc(-c2ccccc2)n1/N=C\c1ccc(Cl)c(Cl)c1. The van der Waals surface area contributed by atoms with E-state index in [1.807, 2.05) is 36.4 Å². The quantitative estimate of drug-likeness (QED) is 0.545. The van der Waals surface area contributed by atoms with E-state index >= 15 is 0 Å².